The molecule has 0 atom stereocenters. The molecule has 1 aliphatic carbocycles. The average molecular weight is 235 g/mol. The lowest BCUT2D eigenvalue weighted by Crippen LogP contribution is -2.21. The van der Waals surface area contributed by atoms with Gasteiger partial charge in [0.15, 0.2) is 0 Å². The van der Waals surface area contributed by atoms with Crippen LogP contribution in [0.5, 0.6) is 0 Å². The molecule has 5 nitrogen and oxygen atoms in total. The zero-order chi connectivity index (χ0) is 11.9. The molecule has 2 rings (SSSR count). The second-order valence-corrected chi connectivity index (χ2v) is 4.54. The van der Waals surface area contributed by atoms with E-state index in [0.717, 1.165) is 37.1 Å². The first-order valence-electron chi connectivity index (χ1n) is 6.38. The van der Waals surface area contributed by atoms with E-state index in [0.29, 0.717) is 6.54 Å². The monoisotopic (exact) mass is 235 g/mol. The SMILES string of the molecule is NCCCNc1cc(NCC2CCC2)ncn1. The lowest BCUT2D eigenvalue weighted by molar-refractivity contribution is 0.333. The predicted molar refractivity (Wildman–Crippen MR) is 70.0 cm³/mol. The van der Waals surface area contributed by atoms with Crippen LogP contribution in [0.2, 0.25) is 0 Å². The zero-order valence-electron chi connectivity index (χ0n) is 10.2. The van der Waals surface area contributed by atoms with Crippen LogP contribution in [0.1, 0.15) is 25.7 Å². The standard InChI is InChI=1S/C12H21N5/c13-5-2-6-14-11-7-12(17-9-16-11)15-8-10-3-1-4-10/h7,9-10H,1-6,8,13H2,(H2,14,15,16,17). The van der Waals surface area contributed by atoms with Crippen LogP contribution < -0.4 is 16.4 Å². The van der Waals surface area contributed by atoms with Gasteiger partial charge >= 0.3 is 0 Å². The van der Waals surface area contributed by atoms with Crippen molar-refractivity contribution in [2.75, 3.05) is 30.3 Å². The molecule has 94 valence electrons. The number of hydrogen-bond acceptors (Lipinski definition) is 5. The second kappa shape index (κ2) is 6.39. The minimum absolute atomic E-state index is 0.699. The fourth-order valence-electron chi connectivity index (χ4n) is 1.82. The van der Waals surface area contributed by atoms with Crippen LogP contribution in [0.4, 0.5) is 11.6 Å². The summed E-state index contributed by atoms with van der Waals surface area (Å²) in [7, 11) is 0. The second-order valence-electron chi connectivity index (χ2n) is 4.54. The Morgan fingerprint density at radius 2 is 2.00 bits per heavy atom. The Kier molecular flexibility index (Phi) is 4.55. The molecule has 1 heterocycles. The predicted octanol–water partition coefficient (Wildman–Crippen LogP) is 1.45. The van der Waals surface area contributed by atoms with Crippen LogP contribution in [-0.4, -0.2) is 29.6 Å². The fourth-order valence-corrected chi connectivity index (χ4v) is 1.82. The van der Waals surface area contributed by atoms with Gasteiger partial charge in [-0.25, -0.2) is 9.97 Å². The summed E-state index contributed by atoms with van der Waals surface area (Å²) in [5.74, 6) is 2.60. The van der Waals surface area contributed by atoms with Gasteiger partial charge in [-0.1, -0.05) is 6.42 Å². The summed E-state index contributed by atoms with van der Waals surface area (Å²) < 4.78 is 0. The van der Waals surface area contributed by atoms with Crippen molar-refractivity contribution in [1.82, 2.24) is 9.97 Å². The lowest BCUT2D eigenvalue weighted by Gasteiger charge is -2.25. The Balaban J connectivity index is 1.78. The van der Waals surface area contributed by atoms with Gasteiger partial charge in [-0.2, -0.15) is 0 Å². The van der Waals surface area contributed by atoms with Crippen molar-refractivity contribution in [2.45, 2.75) is 25.7 Å². The normalized spacial score (nSPS) is 15.4. The van der Waals surface area contributed by atoms with Gasteiger partial charge in [0, 0.05) is 19.2 Å². The molecule has 1 aliphatic rings. The lowest BCUT2D eigenvalue weighted by atomic mass is 9.85. The van der Waals surface area contributed by atoms with Crippen LogP contribution in [0.25, 0.3) is 0 Å². The number of nitrogens with one attached hydrogen (secondary N) is 2. The highest BCUT2D eigenvalue weighted by atomic mass is 15.1. The van der Waals surface area contributed by atoms with Crippen LogP contribution in [0.15, 0.2) is 12.4 Å². The summed E-state index contributed by atoms with van der Waals surface area (Å²) >= 11 is 0. The summed E-state index contributed by atoms with van der Waals surface area (Å²) in [6.45, 7) is 2.58. The largest absolute Gasteiger partial charge is 0.370 e. The van der Waals surface area contributed by atoms with Gasteiger partial charge in [0.25, 0.3) is 0 Å². The maximum atomic E-state index is 5.44. The van der Waals surface area contributed by atoms with E-state index in [1.807, 2.05) is 6.07 Å². The molecular formula is C12H21N5. The molecule has 0 bridgehead atoms. The van der Waals surface area contributed by atoms with Crippen LogP contribution in [-0.2, 0) is 0 Å². The van der Waals surface area contributed by atoms with Gasteiger partial charge in [-0.3, -0.25) is 0 Å². The van der Waals surface area contributed by atoms with Crippen molar-refractivity contribution in [3.63, 3.8) is 0 Å². The average Bonchev–Trinajstić information content (AvgIpc) is 2.28. The summed E-state index contributed by atoms with van der Waals surface area (Å²) in [5.41, 5.74) is 5.44. The molecule has 5 heteroatoms. The Labute approximate surface area is 102 Å². The zero-order valence-corrected chi connectivity index (χ0v) is 10.2. The summed E-state index contributed by atoms with van der Waals surface area (Å²) in [5, 5.41) is 6.59. The van der Waals surface area contributed by atoms with Gasteiger partial charge in [0.2, 0.25) is 0 Å². The maximum absolute atomic E-state index is 5.44. The third-order valence-corrected chi connectivity index (χ3v) is 3.15. The molecule has 0 saturated heterocycles. The first kappa shape index (κ1) is 12.1. The van der Waals surface area contributed by atoms with E-state index >= 15 is 0 Å². The van der Waals surface area contributed by atoms with E-state index in [9.17, 15) is 0 Å². The van der Waals surface area contributed by atoms with E-state index in [-0.39, 0.29) is 0 Å². The molecule has 0 amide bonds. The highest BCUT2D eigenvalue weighted by Gasteiger charge is 2.16. The van der Waals surface area contributed by atoms with E-state index in [1.54, 1.807) is 6.33 Å². The quantitative estimate of drug-likeness (QED) is 0.624. The van der Waals surface area contributed by atoms with Gasteiger partial charge in [0.05, 0.1) is 0 Å². The molecule has 0 aromatic carbocycles. The number of aromatic nitrogens is 2. The van der Waals surface area contributed by atoms with Crippen molar-refractivity contribution in [2.24, 2.45) is 11.7 Å². The number of anilines is 2. The first-order chi connectivity index (χ1) is 8.38. The number of hydrogen-bond donors (Lipinski definition) is 3. The highest BCUT2D eigenvalue weighted by Crippen LogP contribution is 2.26. The Hall–Kier alpha value is -1.36. The third-order valence-electron chi connectivity index (χ3n) is 3.15. The highest BCUT2D eigenvalue weighted by molar-refractivity contribution is 5.46. The molecule has 0 radical (unpaired) electrons. The molecule has 1 saturated carbocycles. The van der Waals surface area contributed by atoms with Gasteiger partial charge in [-0.15, -0.1) is 0 Å². The molecule has 1 aromatic heterocycles. The van der Waals surface area contributed by atoms with Crippen molar-refractivity contribution in [3.8, 4) is 0 Å². The smallest absolute Gasteiger partial charge is 0.131 e. The van der Waals surface area contributed by atoms with Crippen LogP contribution in [0.3, 0.4) is 0 Å². The Bertz CT molecular complexity index is 337. The van der Waals surface area contributed by atoms with Crippen molar-refractivity contribution < 1.29 is 0 Å². The van der Waals surface area contributed by atoms with E-state index in [4.69, 9.17) is 5.73 Å². The third kappa shape index (κ3) is 3.85. The minimum Gasteiger partial charge on any atom is -0.370 e. The Morgan fingerprint density at radius 1 is 1.24 bits per heavy atom. The summed E-state index contributed by atoms with van der Waals surface area (Å²) in [6.07, 6.45) is 6.62. The molecule has 1 fully saturated rings. The molecule has 0 aliphatic heterocycles. The number of rotatable bonds is 7. The minimum atomic E-state index is 0.699. The molecule has 0 spiro atoms. The Morgan fingerprint density at radius 3 is 2.65 bits per heavy atom. The molecule has 17 heavy (non-hydrogen) atoms. The summed E-state index contributed by atoms with van der Waals surface area (Å²) in [4.78, 5) is 8.38. The molecule has 0 unspecified atom stereocenters. The van der Waals surface area contributed by atoms with E-state index in [1.165, 1.54) is 19.3 Å². The van der Waals surface area contributed by atoms with Crippen molar-refractivity contribution in [3.05, 3.63) is 12.4 Å². The van der Waals surface area contributed by atoms with Crippen molar-refractivity contribution in [1.29, 1.82) is 0 Å². The number of nitrogens with zero attached hydrogens (tertiary/aromatic N) is 2. The molecular weight excluding hydrogens is 214 g/mol. The van der Waals surface area contributed by atoms with E-state index in [2.05, 4.69) is 20.6 Å². The maximum Gasteiger partial charge on any atom is 0.131 e. The van der Waals surface area contributed by atoms with Gasteiger partial charge in [0.1, 0.15) is 18.0 Å². The topological polar surface area (TPSA) is 75.9 Å². The number of nitrogens with two attached hydrogens (primary N) is 1. The summed E-state index contributed by atoms with van der Waals surface area (Å²) in [6, 6.07) is 1.95. The van der Waals surface area contributed by atoms with Gasteiger partial charge < -0.3 is 16.4 Å². The van der Waals surface area contributed by atoms with Gasteiger partial charge in [-0.05, 0) is 31.7 Å². The van der Waals surface area contributed by atoms with E-state index < -0.39 is 0 Å². The fraction of sp³-hybridized carbons (Fsp3) is 0.667. The first-order valence-corrected chi connectivity index (χ1v) is 6.38. The molecule has 1 aromatic rings. The molecule has 4 N–H and O–H groups in total. The van der Waals surface area contributed by atoms with Crippen LogP contribution in [0, 0.1) is 5.92 Å². The van der Waals surface area contributed by atoms with Crippen molar-refractivity contribution >= 4 is 11.6 Å². The van der Waals surface area contributed by atoms with Crippen LogP contribution >= 0.6 is 0 Å².